The Labute approximate surface area is 139 Å². The first-order chi connectivity index (χ1) is 11.5. The molecule has 0 aliphatic carbocycles. The Bertz CT molecular complexity index is 628. The number of nitrogens with zero attached hydrogens (tertiary/aromatic N) is 2. The largest absolute Gasteiger partial charge is 0.434 e. The molecule has 0 saturated carbocycles. The van der Waals surface area contributed by atoms with E-state index in [1.54, 1.807) is 24.0 Å². The molecule has 1 saturated heterocycles. The van der Waals surface area contributed by atoms with Crippen LogP contribution in [0.1, 0.15) is 12.0 Å². The van der Waals surface area contributed by atoms with E-state index in [-0.39, 0.29) is 11.8 Å². The summed E-state index contributed by atoms with van der Waals surface area (Å²) in [6.07, 6.45) is 5.22. The summed E-state index contributed by atoms with van der Waals surface area (Å²) in [4.78, 5) is 16.5. The number of nitrogens with one attached hydrogen (secondary N) is 1. The normalized spacial score (nSPS) is 20.8. The lowest BCUT2D eigenvalue weighted by Crippen LogP contribution is -2.38. The van der Waals surface area contributed by atoms with Gasteiger partial charge in [0.15, 0.2) is 0 Å². The minimum Gasteiger partial charge on any atom is -0.434 e. The zero-order valence-corrected chi connectivity index (χ0v) is 13.5. The number of anilines is 1. The molecule has 24 heavy (non-hydrogen) atoms. The van der Waals surface area contributed by atoms with Crippen LogP contribution in [0.4, 0.5) is 19.3 Å². The van der Waals surface area contributed by atoms with Crippen LogP contribution >= 0.6 is 0 Å². The van der Waals surface area contributed by atoms with E-state index < -0.39 is 6.61 Å². The van der Waals surface area contributed by atoms with Crippen LogP contribution in [0, 0.1) is 6.92 Å². The first-order valence-electron chi connectivity index (χ1n) is 8.03. The average Bonchev–Trinajstić information content (AvgIpc) is 3.20. The van der Waals surface area contributed by atoms with E-state index in [2.05, 4.69) is 27.1 Å². The highest BCUT2D eigenvalue weighted by Gasteiger charge is 2.30. The lowest BCUT2D eigenvalue weighted by Gasteiger charge is -2.23. The third-order valence-electron chi connectivity index (χ3n) is 4.47. The lowest BCUT2D eigenvalue weighted by molar-refractivity contribution is -0.0502. The molecule has 2 amide bonds. The van der Waals surface area contributed by atoms with Crippen LogP contribution in [0.2, 0.25) is 0 Å². The molecule has 1 unspecified atom stereocenters. The van der Waals surface area contributed by atoms with Gasteiger partial charge in [0.1, 0.15) is 5.75 Å². The second-order valence-electron chi connectivity index (χ2n) is 6.10. The molecule has 1 aromatic rings. The molecule has 7 heteroatoms. The third-order valence-corrected chi connectivity index (χ3v) is 4.47. The maximum Gasteiger partial charge on any atom is 0.387 e. The van der Waals surface area contributed by atoms with E-state index >= 15 is 0 Å². The molecule has 1 N–H and O–H groups in total. The average molecular weight is 337 g/mol. The number of likely N-dealkylation sites (tertiary alicyclic amines) is 1. The Morgan fingerprint density at radius 3 is 2.79 bits per heavy atom. The van der Waals surface area contributed by atoms with E-state index in [0.29, 0.717) is 30.4 Å². The monoisotopic (exact) mass is 337 g/mol. The van der Waals surface area contributed by atoms with Gasteiger partial charge < -0.3 is 15.0 Å². The molecule has 2 heterocycles. The van der Waals surface area contributed by atoms with Crippen LogP contribution in [0.5, 0.6) is 5.75 Å². The summed E-state index contributed by atoms with van der Waals surface area (Å²) in [5.41, 5.74) is 1.05. The van der Waals surface area contributed by atoms with Crippen molar-refractivity contribution >= 4 is 11.7 Å². The van der Waals surface area contributed by atoms with Crippen LogP contribution in [-0.4, -0.2) is 54.7 Å². The van der Waals surface area contributed by atoms with Gasteiger partial charge in [0, 0.05) is 44.0 Å². The van der Waals surface area contributed by atoms with Gasteiger partial charge >= 0.3 is 12.6 Å². The van der Waals surface area contributed by atoms with Gasteiger partial charge in [-0.2, -0.15) is 8.78 Å². The quantitative estimate of drug-likeness (QED) is 0.859. The molecular weight excluding hydrogens is 316 g/mol. The Balaban J connectivity index is 1.59. The molecular formula is C17H21F2N3O2. The van der Waals surface area contributed by atoms with Crippen molar-refractivity contribution in [2.45, 2.75) is 26.0 Å². The fourth-order valence-electron chi connectivity index (χ4n) is 3.12. The Kier molecular flexibility index (Phi) is 4.99. The summed E-state index contributed by atoms with van der Waals surface area (Å²) >= 11 is 0. The summed E-state index contributed by atoms with van der Waals surface area (Å²) in [6, 6.07) is 4.93. The van der Waals surface area contributed by atoms with Crippen LogP contribution in [0.25, 0.3) is 0 Å². The van der Waals surface area contributed by atoms with Crippen LogP contribution in [-0.2, 0) is 0 Å². The maximum atomic E-state index is 12.4. The summed E-state index contributed by atoms with van der Waals surface area (Å²) in [5.74, 6) is 0.0743. The van der Waals surface area contributed by atoms with Crippen molar-refractivity contribution in [1.29, 1.82) is 0 Å². The number of carbonyl (C=O) groups excluding carboxylic acids is 1. The molecule has 5 nitrogen and oxygen atoms in total. The van der Waals surface area contributed by atoms with Crippen molar-refractivity contribution in [3.8, 4) is 5.75 Å². The van der Waals surface area contributed by atoms with E-state index in [1.165, 1.54) is 6.07 Å². The second-order valence-corrected chi connectivity index (χ2v) is 6.10. The topological polar surface area (TPSA) is 44.8 Å². The number of halogens is 2. The molecule has 130 valence electrons. The predicted molar refractivity (Wildman–Crippen MR) is 87.5 cm³/mol. The first-order valence-corrected chi connectivity index (χ1v) is 8.03. The predicted octanol–water partition coefficient (Wildman–Crippen LogP) is 3.07. The zero-order chi connectivity index (χ0) is 17.1. The van der Waals surface area contributed by atoms with Crippen molar-refractivity contribution in [2.24, 2.45) is 0 Å². The molecule has 0 radical (unpaired) electrons. The van der Waals surface area contributed by atoms with E-state index in [0.717, 1.165) is 19.5 Å². The number of hydrogen-bond acceptors (Lipinski definition) is 3. The Morgan fingerprint density at radius 2 is 2.08 bits per heavy atom. The van der Waals surface area contributed by atoms with E-state index in [4.69, 9.17) is 0 Å². The standard InChI is InChI=1S/C17H21F2N3O2/c1-12-4-5-13(10-15(12)24-16(18)19)20-17(23)22-9-6-14(11-22)21-7-2-3-8-21/h2-5,10,14,16H,6-9,11H2,1H3,(H,20,23). The molecule has 0 spiro atoms. The highest BCUT2D eigenvalue weighted by Crippen LogP contribution is 2.25. The number of urea groups is 1. The van der Waals surface area contributed by atoms with Gasteiger partial charge in [0.05, 0.1) is 0 Å². The molecule has 1 aromatic carbocycles. The fourth-order valence-corrected chi connectivity index (χ4v) is 3.12. The molecule has 0 bridgehead atoms. The number of benzene rings is 1. The first kappa shape index (κ1) is 16.7. The minimum atomic E-state index is -2.89. The summed E-state index contributed by atoms with van der Waals surface area (Å²) in [5, 5.41) is 2.76. The molecule has 2 aliphatic rings. The van der Waals surface area contributed by atoms with Gasteiger partial charge in [-0.15, -0.1) is 0 Å². The highest BCUT2D eigenvalue weighted by molar-refractivity contribution is 5.89. The van der Waals surface area contributed by atoms with Crippen molar-refractivity contribution < 1.29 is 18.3 Å². The number of hydrogen-bond donors (Lipinski definition) is 1. The molecule has 3 rings (SSSR count). The number of ether oxygens (including phenoxy) is 1. The number of amides is 2. The minimum absolute atomic E-state index is 0.0743. The smallest absolute Gasteiger partial charge is 0.387 e. The number of alkyl halides is 2. The molecule has 2 aliphatic heterocycles. The van der Waals surface area contributed by atoms with E-state index in [1.807, 2.05) is 0 Å². The number of aryl methyl sites for hydroxylation is 1. The van der Waals surface area contributed by atoms with Crippen LogP contribution < -0.4 is 10.1 Å². The van der Waals surface area contributed by atoms with Crippen molar-refractivity contribution in [1.82, 2.24) is 9.80 Å². The van der Waals surface area contributed by atoms with Crippen LogP contribution in [0.15, 0.2) is 30.4 Å². The fraction of sp³-hybridized carbons (Fsp3) is 0.471. The van der Waals surface area contributed by atoms with E-state index in [9.17, 15) is 13.6 Å². The van der Waals surface area contributed by atoms with Gasteiger partial charge in [-0.25, -0.2) is 4.79 Å². The highest BCUT2D eigenvalue weighted by atomic mass is 19.3. The van der Waals surface area contributed by atoms with Gasteiger partial charge in [-0.05, 0) is 25.0 Å². The van der Waals surface area contributed by atoms with Crippen molar-refractivity contribution in [3.05, 3.63) is 35.9 Å². The maximum absolute atomic E-state index is 12.4. The van der Waals surface area contributed by atoms with Crippen molar-refractivity contribution in [2.75, 3.05) is 31.5 Å². The summed E-state index contributed by atoms with van der Waals surface area (Å²) in [7, 11) is 0. The van der Waals surface area contributed by atoms with Gasteiger partial charge in [-0.1, -0.05) is 18.2 Å². The summed E-state index contributed by atoms with van der Waals surface area (Å²) < 4.78 is 29.3. The van der Waals surface area contributed by atoms with Gasteiger partial charge in [0.2, 0.25) is 0 Å². The zero-order valence-electron chi connectivity index (χ0n) is 13.5. The molecule has 1 atom stereocenters. The number of carbonyl (C=O) groups is 1. The lowest BCUT2D eigenvalue weighted by atomic mass is 10.2. The Morgan fingerprint density at radius 1 is 1.33 bits per heavy atom. The SMILES string of the molecule is Cc1ccc(NC(=O)N2CCC(N3CC=CC3)C2)cc1OC(F)F. The van der Waals surface area contributed by atoms with Gasteiger partial charge in [-0.3, -0.25) is 4.90 Å². The Hall–Kier alpha value is -2.15. The van der Waals surface area contributed by atoms with Gasteiger partial charge in [0.25, 0.3) is 0 Å². The number of rotatable bonds is 4. The summed E-state index contributed by atoms with van der Waals surface area (Å²) in [6.45, 7) is 2.04. The van der Waals surface area contributed by atoms with Crippen LogP contribution in [0.3, 0.4) is 0 Å². The second kappa shape index (κ2) is 7.17. The molecule has 1 fully saturated rings. The van der Waals surface area contributed by atoms with Crippen molar-refractivity contribution in [3.63, 3.8) is 0 Å². The third kappa shape index (κ3) is 3.84. The molecule has 0 aromatic heterocycles.